The fourth-order valence-corrected chi connectivity index (χ4v) is 6.44. The van der Waals surface area contributed by atoms with Gasteiger partial charge >= 0.3 is 0 Å². The van der Waals surface area contributed by atoms with Gasteiger partial charge in [-0.05, 0) is 50.3 Å². The van der Waals surface area contributed by atoms with E-state index in [2.05, 4.69) is 32.1 Å². The number of ketones is 1. The zero-order chi connectivity index (χ0) is 26.2. The van der Waals surface area contributed by atoms with Crippen LogP contribution in [-0.4, -0.2) is 49.8 Å². The first-order valence-corrected chi connectivity index (χ1v) is 14.2. The van der Waals surface area contributed by atoms with Gasteiger partial charge in [-0.2, -0.15) is 4.98 Å². The molecule has 6 rings (SSSR count). The minimum absolute atomic E-state index is 0.0141. The first kappa shape index (κ1) is 25.0. The SMILES string of the molecule is CCCC(C)C(=O)c1cc2cnc(Nc3ccc(N4C[C@H]5CC[C@@H](CC4=O)N5)cn3)nc2n1C1CCCC1. The molecule has 200 valence electrons. The van der Waals surface area contributed by atoms with E-state index in [0.717, 1.165) is 60.9 Å². The van der Waals surface area contributed by atoms with Crippen LogP contribution in [0.3, 0.4) is 0 Å². The van der Waals surface area contributed by atoms with Gasteiger partial charge in [0.2, 0.25) is 11.9 Å². The van der Waals surface area contributed by atoms with Crippen LogP contribution in [0.2, 0.25) is 0 Å². The highest BCUT2D eigenvalue weighted by molar-refractivity contribution is 6.00. The van der Waals surface area contributed by atoms with Crippen molar-refractivity contribution in [2.45, 2.75) is 89.8 Å². The van der Waals surface area contributed by atoms with E-state index in [4.69, 9.17) is 4.98 Å². The van der Waals surface area contributed by atoms with Gasteiger partial charge in [0, 0.05) is 48.6 Å². The molecule has 9 heteroatoms. The predicted octanol–water partition coefficient (Wildman–Crippen LogP) is 5.16. The maximum absolute atomic E-state index is 13.4. The standard InChI is InChI=1S/C29H37N7O2/c1-3-6-18(2)27(38)24-13-19-15-31-29(34-28(19)36(24)22-7-4-5-8-22)33-25-12-11-23(16-30-25)35-17-21-10-9-20(32-21)14-26(35)37/h11-13,15-16,18,20-22,32H,3-10,14,17H2,1-2H3,(H,30,31,33,34)/t18?,20-,21+/m0/s1. The van der Waals surface area contributed by atoms with Crippen LogP contribution in [0.15, 0.2) is 30.6 Å². The number of carbonyl (C=O) groups is 2. The average molecular weight is 516 g/mol. The molecule has 1 saturated carbocycles. The molecule has 2 saturated heterocycles. The Hall–Kier alpha value is -3.33. The van der Waals surface area contributed by atoms with Crippen molar-refractivity contribution in [2.75, 3.05) is 16.8 Å². The third kappa shape index (κ3) is 4.79. The third-order valence-electron chi connectivity index (χ3n) is 8.45. The molecule has 3 atom stereocenters. The molecule has 2 bridgehead atoms. The van der Waals surface area contributed by atoms with Gasteiger partial charge in [-0.1, -0.05) is 33.1 Å². The molecule has 0 radical (unpaired) electrons. The van der Waals surface area contributed by atoms with Crippen molar-refractivity contribution in [3.8, 4) is 0 Å². The fourth-order valence-electron chi connectivity index (χ4n) is 6.44. The van der Waals surface area contributed by atoms with Crippen molar-refractivity contribution in [3.05, 3.63) is 36.3 Å². The van der Waals surface area contributed by atoms with E-state index < -0.39 is 0 Å². The molecule has 3 fully saturated rings. The lowest BCUT2D eigenvalue weighted by molar-refractivity contribution is -0.118. The van der Waals surface area contributed by atoms with Crippen LogP contribution in [0.5, 0.6) is 0 Å². The van der Waals surface area contributed by atoms with Gasteiger partial charge in [0.1, 0.15) is 11.5 Å². The summed E-state index contributed by atoms with van der Waals surface area (Å²) in [6, 6.07) is 6.70. The van der Waals surface area contributed by atoms with E-state index in [1.807, 2.05) is 30.0 Å². The van der Waals surface area contributed by atoms with Gasteiger partial charge in [-0.25, -0.2) is 9.97 Å². The summed E-state index contributed by atoms with van der Waals surface area (Å²) in [5.41, 5.74) is 2.37. The summed E-state index contributed by atoms with van der Waals surface area (Å²) in [7, 11) is 0. The molecule has 1 amide bonds. The highest BCUT2D eigenvalue weighted by Crippen LogP contribution is 2.35. The summed E-state index contributed by atoms with van der Waals surface area (Å²) in [4.78, 5) is 42.0. The highest BCUT2D eigenvalue weighted by atomic mass is 16.2. The van der Waals surface area contributed by atoms with E-state index >= 15 is 0 Å². The number of pyridine rings is 1. The second-order valence-corrected chi connectivity index (χ2v) is 11.2. The Labute approximate surface area is 223 Å². The number of nitrogens with zero attached hydrogens (tertiary/aromatic N) is 5. The third-order valence-corrected chi connectivity index (χ3v) is 8.45. The van der Waals surface area contributed by atoms with Crippen LogP contribution >= 0.6 is 0 Å². The topological polar surface area (TPSA) is 105 Å². The number of aromatic nitrogens is 4. The quantitative estimate of drug-likeness (QED) is 0.399. The van der Waals surface area contributed by atoms with E-state index in [1.54, 1.807) is 12.4 Å². The molecular formula is C29H37N7O2. The maximum Gasteiger partial charge on any atom is 0.230 e. The summed E-state index contributed by atoms with van der Waals surface area (Å²) in [5, 5.41) is 7.67. The lowest BCUT2D eigenvalue weighted by atomic mass is 9.98. The Balaban J connectivity index is 1.25. The second-order valence-electron chi connectivity index (χ2n) is 11.2. The molecule has 1 unspecified atom stereocenters. The molecule has 3 aromatic heterocycles. The summed E-state index contributed by atoms with van der Waals surface area (Å²) < 4.78 is 2.17. The molecule has 3 aromatic rings. The van der Waals surface area contributed by atoms with Crippen LogP contribution < -0.4 is 15.5 Å². The fraction of sp³-hybridized carbons (Fsp3) is 0.552. The second kappa shape index (κ2) is 10.4. The number of amides is 1. The van der Waals surface area contributed by atoms with E-state index in [0.29, 0.717) is 36.8 Å². The summed E-state index contributed by atoms with van der Waals surface area (Å²) >= 11 is 0. The van der Waals surface area contributed by atoms with Crippen molar-refractivity contribution in [1.82, 2.24) is 24.8 Å². The number of hydrogen-bond acceptors (Lipinski definition) is 7. The Morgan fingerprint density at radius 3 is 2.71 bits per heavy atom. The number of Topliss-reactive ketones (excluding diaryl/α,β-unsaturated/α-hetero) is 1. The van der Waals surface area contributed by atoms with Crippen LogP contribution in [0.4, 0.5) is 17.5 Å². The minimum atomic E-state index is -0.0141. The van der Waals surface area contributed by atoms with Crippen molar-refractivity contribution in [2.24, 2.45) is 5.92 Å². The lowest BCUT2D eigenvalue weighted by Gasteiger charge is -2.24. The summed E-state index contributed by atoms with van der Waals surface area (Å²) in [6.07, 6.45) is 12.6. The monoisotopic (exact) mass is 515 g/mol. The van der Waals surface area contributed by atoms with Gasteiger partial charge in [0.15, 0.2) is 5.78 Å². The average Bonchev–Trinajstić information content (AvgIpc) is 3.65. The number of nitrogens with one attached hydrogen (secondary N) is 2. The largest absolute Gasteiger partial charge is 0.320 e. The van der Waals surface area contributed by atoms with Crippen molar-refractivity contribution in [3.63, 3.8) is 0 Å². The Morgan fingerprint density at radius 2 is 1.95 bits per heavy atom. The number of anilines is 3. The van der Waals surface area contributed by atoms with E-state index in [1.165, 1.54) is 12.8 Å². The molecule has 9 nitrogen and oxygen atoms in total. The van der Waals surface area contributed by atoms with Crippen LogP contribution in [-0.2, 0) is 4.79 Å². The van der Waals surface area contributed by atoms with Gasteiger partial charge in [0.25, 0.3) is 0 Å². The predicted molar refractivity (Wildman–Crippen MR) is 148 cm³/mol. The Bertz CT molecular complexity index is 1330. The van der Waals surface area contributed by atoms with E-state index in [-0.39, 0.29) is 23.7 Å². The first-order valence-electron chi connectivity index (χ1n) is 14.2. The number of hydrogen-bond donors (Lipinski definition) is 2. The molecule has 2 aliphatic heterocycles. The smallest absolute Gasteiger partial charge is 0.230 e. The first-order chi connectivity index (χ1) is 18.5. The van der Waals surface area contributed by atoms with Gasteiger partial charge < -0.3 is 20.1 Å². The van der Waals surface area contributed by atoms with Crippen LogP contribution in [0.1, 0.15) is 88.2 Å². The van der Waals surface area contributed by atoms with Crippen LogP contribution in [0.25, 0.3) is 11.0 Å². The molecular weight excluding hydrogens is 478 g/mol. The zero-order valence-electron chi connectivity index (χ0n) is 22.3. The lowest BCUT2D eigenvalue weighted by Crippen LogP contribution is -2.37. The number of fused-ring (bicyclic) bond motifs is 3. The number of carbonyl (C=O) groups excluding carboxylic acids is 2. The minimum Gasteiger partial charge on any atom is -0.320 e. The molecule has 38 heavy (non-hydrogen) atoms. The molecule has 2 N–H and O–H groups in total. The van der Waals surface area contributed by atoms with Crippen molar-refractivity contribution in [1.29, 1.82) is 0 Å². The Kier molecular flexibility index (Phi) is 6.86. The molecule has 5 heterocycles. The van der Waals surface area contributed by atoms with E-state index in [9.17, 15) is 9.59 Å². The normalized spacial score (nSPS) is 22.7. The Morgan fingerprint density at radius 1 is 1.13 bits per heavy atom. The van der Waals surface area contributed by atoms with Crippen LogP contribution in [0, 0.1) is 5.92 Å². The molecule has 0 aromatic carbocycles. The highest BCUT2D eigenvalue weighted by Gasteiger charge is 2.34. The zero-order valence-corrected chi connectivity index (χ0v) is 22.3. The van der Waals surface area contributed by atoms with Crippen molar-refractivity contribution < 1.29 is 9.59 Å². The summed E-state index contributed by atoms with van der Waals surface area (Å²) in [6.45, 7) is 4.82. The van der Waals surface area contributed by atoms with Gasteiger partial charge in [-0.3, -0.25) is 9.59 Å². The molecule has 3 aliphatic rings. The maximum atomic E-state index is 13.4. The van der Waals surface area contributed by atoms with Crippen molar-refractivity contribution >= 4 is 40.2 Å². The van der Waals surface area contributed by atoms with Gasteiger partial charge in [0.05, 0.1) is 17.6 Å². The molecule has 1 aliphatic carbocycles. The molecule has 0 spiro atoms. The summed E-state index contributed by atoms with van der Waals surface area (Å²) in [5.74, 6) is 1.38. The number of rotatable bonds is 8. The van der Waals surface area contributed by atoms with Gasteiger partial charge in [-0.15, -0.1) is 0 Å².